The highest BCUT2D eigenvalue weighted by atomic mass is 16.3. The molecule has 1 amide bonds. The van der Waals surface area contributed by atoms with Gasteiger partial charge < -0.3 is 15.5 Å². The lowest BCUT2D eigenvalue weighted by atomic mass is 9.88. The number of hydrogen-bond donors (Lipinski definition) is 3. The lowest BCUT2D eigenvalue weighted by Gasteiger charge is -2.19. The van der Waals surface area contributed by atoms with E-state index in [0.29, 0.717) is 11.3 Å². The van der Waals surface area contributed by atoms with Crippen molar-refractivity contribution < 1.29 is 15.0 Å². The minimum Gasteiger partial charge on any atom is -0.508 e. The average molecular weight is 283 g/mol. The maximum atomic E-state index is 12.4. The number of aryl methyl sites for hydroxylation is 1. The van der Waals surface area contributed by atoms with Gasteiger partial charge in [0.1, 0.15) is 11.5 Å². The molecule has 0 aliphatic heterocycles. The predicted octanol–water partition coefficient (Wildman–Crippen LogP) is 3.23. The Kier molecular flexibility index (Phi) is 3.52. The topological polar surface area (TPSA) is 69.6 Å². The van der Waals surface area contributed by atoms with E-state index in [1.807, 2.05) is 12.1 Å². The third-order valence-corrected chi connectivity index (χ3v) is 3.87. The van der Waals surface area contributed by atoms with Crippen LogP contribution in [0.2, 0.25) is 0 Å². The smallest absolute Gasteiger partial charge is 0.256 e. The molecule has 2 aromatic rings. The van der Waals surface area contributed by atoms with E-state index < -0.39 is 0 Å². The normalized spacial score (nSPS) is 13.5. The molecule has 21 heavy (non-hydrogen) atoms. The summed E-state index contributed by atoms with van der Waals surface area (Å²) in [6.45, 7) is 0. The van der Waals surface area contributed by atoms with Crippen molar-refractivity contribution in [3.05, 3.63) is 53.1 Å². The first kappa shape index (κ1) is 13.5. The second-order valence-corrected chi connectivity index (χ2v) is 5.31. The summed E-state index contributed by atoms with van der Waals surface area (Å²) in [5.41, 5.74) is 3.31. The summed E-state index contributed by atoms with van der Waals surface area (Å²) in [6.07, 6.45) is 4.19. The van der Waals surface area contributed by atoms with Crippen LogP contribution in [0.1, 0.15) is 34.3 Å². The molecule has 0 bridgehead atoms. The lowest BCUT2D eigenvalue weighted by Crippen LogP contribution is -2.17. The van der Waals surface area contributed by atoms with Crippen molar-refractivity contribution in [1.82, 2.24) is 0 Å². The van der Waals surface area contributed by atoms with Crippen LogP contribution < -0.4 is 5.32 Å². The molecule has 3 rings (SSSR count). The average Bonchev–Trinajstić information content (AvgIpc) is 2.49. The van der Waals surface area contributed by atoms with E-state index in [1.165, 1.54) is 23.8 Å². The summed E-state index contributed by atoms with van der Waals surface area (Å²) in [6, 6.07) is 9.90. The Morgan fingerprint density at radius 3 is 2.67 bits per heavy atom. The van der Waals surface area contributed by atoms with Crippen LogP contribution >= 0.6 is 0 Å². The third kappa shape index (κ3) is 2.70. The van der Waals surface area contributed by atoms with Crippen LogP contribution in [0.4, 0.5) is 5.69 Å². The van der Waals surface area contributed by atoms with E-state index in [0.717, 1.165) is 31.2 Å². The van der Waals surface area contributed by atoms with Gasteiger partial charge >= 0.3 is 0 Å². The first-order valence-corrected chi connectivity index (χ1v) is 7.09. The van der Waals surface area contributed by atoms with E-state index in [-0.39, 0.29) is 17.4 Å². The molecule has 1 aliphatic carbocycles. The fourth-order valence-corrected chi connectivity index (χ4v) is 2.81. The van der Waals surface area contributed by atoms with Gasteiger partial charge in [0.25, 0.3) is 5.91 Å². The summed E-state index contributed by atoms with van der Waals surface area (Å²) in [7, 11) is 0. The Hall–Kier alpha value is -2.49. The molecule has 0 saturated heterocycles. The molecule has 4 nitrogen and oxygen atoms in total. The Bertz CT molecular complexity index is 694. The Labute approximate surface area is 123 Å². The molecule has 0 heterocycles. The second-order valence-electron chi connectivity index (χ2n) is 5.31. The van der Waals surface area contributed by atoms with Crippen LogP contribution in [-0.4, -0.2) is 16.1 Å². The number of amides is 1. The van der Waals surface area contributed by atoms with Crippen molar-refractivity contribution in [2.24, 2.45) is 0 Å². The number of aromatic hydroxyl groups is 2. The molecule has 3 N–H and O–H groups in total. The van der Waals surface area contributed by atoms with Gasteiger partial charge in [-0.05, 0) is 55.0 Å². The molecule has 0 unspecified atom stereocenters. The van der Waals surface area contributed by atoms with Crippen LogP contribution in [0.25, 0.3) is 0 Å². The molecule has 1 aliphatic rings. The van der Waals surface area contributed by atoms with E-state index in [2.05, 4.69) is 11.4 Å². The molecule has 4 heteroatoms. The van der Waals surface area contributed by atoms with Crippen molar-refractivity contribution in [3.63, 3.8) is 0 Å². The minimum absolute atomic E-state index is 0.0393. The highest BCUT2D eigenvalue weighted by Crippen LogP contribution is 2.29. The van der Waals surface area contributed by atoms with Gasteiger partial charge in [-0.25, -0.2) is 0 Å². The Morgan fingerprint density at radius 2 is 1.86 bits per heavy atom. The van der Waals surface area contributed by atoms with Crippen molar-refractivity contribution in [2.45, 2.75) is 25.7 Å². The quantitative estimate of drug-likeness (QED) is 0.585. The zero-order valence-electron chi connectivity index (χ0n) is 11.6. The third-order valence-electron chi connectivity index (χ3n) is 3.87. The number of carbonyl (C=O) groups excluding carboxylic acids is 1. The molecular formula is C17H17NO3. The summed E-state index contributed by atoms with van der Waals surface area (Å²) in [4.78, 5) is 12.4. The van der Waals surface area contributed by atoms with E-state index in [1.54, 1.807) is 0 Å². The van der Waals surface area contributed by atoms with Gasteiger partial charge in [-0.15, -0.1) is 0 Å². The monoisotopic (exact) mass is 283 g/mol. The first-order valence-electron chi connectivity index (χ1n) is 7.09. The zero-order valence-corrected chi connectivity index (χ0v) is 11.6. The highest BCUT2D eigenvalue weighted by molar-refractivity contribution is 6.06. The van der Waals surface area contributed by atoms with E-state index in [9.17, 15) is 15.0 Å². The summed E-state index contributed by atoms with van der Waals surface area (Å²) >= 11 is 0. The predicted molar refractivity (Wildman–Crippen MR) is 80.8 cm³/mol. The van der Waals surface area contributed by atoms with Gasteiger partial charge in [0.2, 0.25) is 0 Å². The zero-order chi connectivity index (χ0) is 14.8. The summed E-state index contributed by atoms with van der Waals surface area (Å²) < 4.78 is 0. The molecular weight excluding hydrogens is 266 g/mol. The van der Waals surface area contributed by atoms with Crippen molar-refractivity contribution >= 4 is 11.6 Å². The number of carbonyl (C=O) groups is 1. The molecule has 0 spiro atoms. The standard InChI is InChI=1S/C17H17NO3/c19-12-8-9-15(16(20)10-12)18-17(21)14-7-3-5-11-4-1-2-6-13(11)14/h3,5,7-10,19-20H,1-2,4,6H2,(H,18,21). The summed E-state index contributed by atoms with van der Waals surface area (Å²) in [5, 5.41) is 21.7. The molecule has 108 valence electrons. The van der Waals surface area contributed by atoms with E-state index >= 15 is 0 Å². The second kappa shape index (κ2) is 5.48. The number of hydrogen-bond acceptors (Lipinski definition) is 3. The fourth-order valence-electron chi connectivity index (χ4n) is 2.81. The number of nitrogens with one attached hydrogen (secondary N) is 1. The fraction of sp³-hybridized carbons (Fsp3) is 0.235. The van der Waals surface area contributed by atoms with Crippen LogP contribution in [-0.2, 0) is 12.8 Å². The summed E-state index contributed by atoms with van der Waals surface area (Å²) in [5.74, 6) is -0.412. The number of fused-ring (bicyclic) bond motifs is 1. The Morgan fingerprint density at radius 1 is 1.05 bits per heavy atom. The van der Waals surface area contributed by atoms with Crippen LogP contribution in [0.3, 0.4) is 0 Å². The molecule has 0 aromatic heterocycles. The number of phenolic OH excluding ortho intramolecular Hbond substituents is 2. The van der Waals surface area contributed by atoms with Gasteiger partial charge in [0.15, 0.2) is 0 Å². The van der Waals surface area contributed by atoms with Gasteiger partial charge in [-0.1, -0.05) is 12.1 Å². The number of phenols is 2. The number of benzene rings is 2. The lowest BCUT2D eigenvalue weighted by molar-refractivity contribution is 0.102. The van der Waals surface area contributed by atoms with Crippen molar-refractivity contribution in [3.8, 4) is 11.5 Å². The SMILES string of the molecule is O=C(Nc1ccc(O)cc1O)c1cccc2c1CCCC2. The van der Waals surface area contributed by atoms with Crippen LogP contribution in [0, 0.1) is 0 Å². The largest absolute Gasteiger partial charge is 0.508 e. The maximum Gasteiger partial charge on any atom is 0.256 e. The number of rotatable bonds is 2. The van der Waals surface area contributed by atoms with E-state index in [4.69, 9.17) is 0 Å². The molecule has 0 fully saturated rings. The van der Waals surface area contributed by atoms with Crippen LogP contribution in [0.15, 0.2) is 36.4 Å². The molecule has 2 aromatic carbocycles. The van der Waals surface area contributed by atoms with Crippen LogP contribution in [0.5, 0.6) is 11.5 Å². The first-order chi connectivity index (χ1) is 10.1. The van der Waals surface area contributed by atoms with Gasteiger partial charge in [-0.3, -0.25) is 4.79 Å². The molecule has 0 radical (unpaired) electrons. The molecule has 0 atom stereocenters. The Balaban J connectivity index is 1.89. The van der Waals surface area contributed by atoms with Crippen molar-refractivity contribution in [2.75, 3.05) is 5.32 Å². The van der Waals surface area contributed by atoms with Gasteiger partial charge in [0, 0.05) is 11.6 Å². The number of anilines is 1. The molecule has 0 saturated carbocycles. The maximum absolute atomic E-state index is 12.4. The van der Waals surface area contributed by atoms with Gasteiger partial charge in [0.05, 0.1) is 5.69 Å². The highest BCUT2D eigenvalue weighted by Gasteiger charge is 2.18. The minimum atomic E-state index is -0.227. The van der Waals surface area contributed by atoms with Gasteiger partial charge in [-0.2, -0.15) is 0 Å². The van der Waals surface area contributed by atoms with Crippen molar-refractivity contribution in [1.29, 1.82) is 0 Å².